The molecule has 4 nitrogen and oxygen atoms in total. The van der Waals surface area contributed by atoms with Gasteiger partial charge in [0.1, 0.15) is 0 Å². The topological polar surface area (TPSA) is 54.5 Å². The summed E-state index contributed by atoms with van der Waals surface area (Å²) in [6.45, 7) is 8.60. The van der Waals surface area contributed by atoms with Gasteiger partial charge >= 0.3 is 0 Å². The van der Waals surface area contributed by atoms with Crippen LogP contribution in [0.15, 0.2) is 94.9 Å². The molecule has 1 aliphatic heterocycles. The number of carbonyl (C=O) groups is 1. The SMILES string of the molecule is CC(C)c1ccc(/C=C2\CN(S(=O)(=O)c3ccccc3)C/C(=C\c3ccc(C(C)C)cc3)C2=O)cc1. The molecule has 5 heteroatoms. The molecular weight excluding hydrogens is 466 g/mol. The van der Waals surface area contributed by atoms with Crippen LogP contribution in [0.5, 0.6) is 0 Å². The normalized spacial score (nSPS) is 17.4. The fraction of sp³-hybridized carbons (Fsp3) is 0.258. The Bertz CT molecular complexity index is 1310. The molecule has 0 aliphatic carbocycles. The zero-order valence-electron chi connectivity index (χ0n) is 21.3. The molecule has 0 amide bonds. The molecule has 186 valence electrons. The Hall–Kier alpha value is -3.28. The first kappa shape index (κ1) is 25.8. The summed E-state index contributed by atoms with van der Waals surface area (Å²) in [4.78, 5) is 13.8. The van der Waals surface area contributed by atoms with Crippen LogP contribution in [0, 0.1) is 0 Å². The second kappa shape index (κ2) is 10.8. The first-order valence-corrected chi connectivity index (χ1v) is 13.8. The molecule has 36 heavy (non-hydrogen) atoms. The maximum Gasteiger partial charge on any atom is 0.243 e. The van der Waals surface area contributed by atoms with Crippen molar-refractivity contribution in [3.8, 4) is 0 Å². The van der Waals surface area contributed by atoms with E-state index in [4.69, 9.17) is 0 Å². The lowest BCUT2D eigenvalue weighted by molar-refractivity contribution is -0.113. The number of hydrogen-bond donors (Lipinski definition) is 0. The molecule has 3 aromatic carbocycles. The molecule has 1 saturated heterocycles. The van der Waals surface area contributed by atoms with Crippen LogP contribution < -0.4 is 0 Å². The number of carbonyl (C=O) groups excluding carboxylic acids is 1. The highest BCUT2D eigenvalue weighted by Crippen LogP contribution is 2.28. The Morgan fingerprint density at radius 2 is 1.08 bits per heavy atom. The van der Waals surface area contributed by atoms with Gasteiger partial charge in [-0.2, -0.15) is 4.31 Å². The zero-order chi connectivity index (χ0) is 25.9. The summed E-state index contributed by atoms with van der Waals surface area (Å²) < 4.78 is 28.4. The minimum absolute atomic E-state index is 0.0334. The fourth-order valence-corrected chi connectivity index (χ4v) is 5.69. The minimum Gasteiger partial charge on any atom is -0.289 e. The Morgan fingerprint density at radius 1 is 0.667 bits per heavy atom. The Morgan fingerprint density at radius 3 is 1.47 bits per heavy atom. The number of benzene rings is 3. The third-order valence-corrected chi connectivity index (χ3v) is 8.35. The molecule has 4 rings (SSSR count). The third-order valence-electron chi connectivity index (χ3n) is 6.55. The van der Waals surface area contributed by atoms with Gasteiger partial charge in [0.15, 0.2) is 5.78 Å². The molecule has 1 aliphatic rings. The van der Waals surface area contributed by atoms with Crippen LogP contribution in [0.2, 0.25) is 0 Å². The van der Waals surface area contributed by atoms with Gasteiger partial charge in [-0.3, -0.25) is 4.79 Å². The van der Waals surface area contributed by atoms with E-state index in [1.807, 2.05) is 36.4 Å². The highest BCUT2D eigenvalue weighted by atomic mass is 32.2. The summed E-state index contributed by atoms with van der Waals surface area (Å²) in [5.41, 5.74) is 5.10. The highest BCUT2D eigenvalue weighted by molar-refractivity contribution is 7.89. The van der Waals surface area contributed by atoms with Crippen molar-refractivity contribution in [3.05, 3.63) is 112 Å². The van der Waals surface area contributed by atoms with Gasteiger partial charge in [-0.05, 0) is 58.4 Å². The average molecular weight is 500 g/mol. The van der Waals surface area contributed by atoms with Crippen LogP contribution in [0.25, 0.3) is 12.2 Å². The smallest absolute Gasteiger partial charge is 0.243 e. The van der Waals surface area contributed by atoms with E-state index < -0.39 is 10.0 Å². The van der Waals surface area contributed by atoms with E-state index >= 15 is 0 Å². The van der Waals surface area contributed by atoms with Crippen molar-refractivity contribution in [2.24, 2.45) is 0 Å². The standard InChI is InChI=1S/C31H33NO3S/c1-22(2)26-14-10-24(11-15-26)18-28-20-32(36(34,35)30-8-6-5-7-9-30)21-29(31(28)33)19-25-12-16-27(17-13-25)23(3)4/h5-19,22-23H,20-21H2,1-4H3/b28-18+,29-19+. The van der Waals surface area contributed by atoms with Gasteiger partial charge in [0.05, 0.1) is 4.90 Å². The van der Waals surface area contributed by atoms with E-state index in [0.29, 0.717) is 23.0 Å². The van der Waals surface area contributed by atoms with Crippen LogP contribution in [0.4, 0.5) is 0 Å². The van der Waals surface area contributed by atoms with Crippen molar-refractivity contribution >= 4 is 28.0 Å². The van der Waals surface area contributed by atoms with Crippen LogP contribution in [-0.4, -0.2) is 31.6 Å². The van der Waals surface area contributed by atoms with E-state index in [1.165, 1.54) is 15.4 Å². The van der Waals surface area contributed by atoms with E-state index in [2.05, 4.69) is 52.0 Å². The third kappa shape index (κ3) is 5.75. The van der Waals surface area contributed by atoms with Gasteiger partial charge in [-0.1, -0.05) is 94.4 Å². The molecular formula is C31H33NO3S. The quantitative estimate of drug-likeness (QED) is 0.356. The lowest BCUT2D eigenvalue weighted by Crippen LogP contribution is -2.41. The van der Waals surface area contributed by atoms with Gasteiger partial charge in [-0.15, -0.1) is 0 Å². The van der Waals surface area contributed by atoms with Crippen molar-refractivity contribution in [1.82, 2.24) is 4.31 Å². The largest absolute Gasteiger partial charge is 0.289 e. The second-order valence-corrected chi connectivity index (χ2v) is 11.8. The average Bonchev–Trinajstić information content (AvgIpc) is 2.87. The van der Waals surface area contributed by atoms with Gasteiger partial charge in [0.25, 0.3) is 0 Å². The molecule has 0 atom stereocenters. The van der Waals surface area contributed by atoms with Gasteiger partial charge < -0.3 is 0 Å². The molecule has 0 N–H and O–H groups in total. The van der Waals surface area contributed by atoms with Crippen LogP contribution in [0.3, 0.4) is 0 Å². The summed E-state index contributed by atoms with van der Waals surface area (Å²) in [7, 11) is -3.77. The molecule has 0 bridgehead atoms. The monoisotopic (exact) mass is 499 g/mol. The molecule has 1 fully saturated rings. The number of Topliss-reactive ketones (excluding diaryl/α,β-unsaturated/α-hetero) is 1. The number of rotatable bonds is 6. The second-order valence-electron chi connectivity index (χ2n) is 9.90. The highest BCUT2D eigenvalue weighted by Gasteiger charge is 2.34. The molecule has 1 heterocycles. The lowest BCUT2D eigenvalue weighted by Gasteiger charge is -2.29. The lowest BCUT2D eigenvalue weighted by atomic mass is 9.94. The zero-order valence-corrected chi connectivity index (χ0v) is 22.1. The van der Waals surface area contributed by atoms with E-state index in [0.717, 1.165) is 11.1 Å². The Labute approximate surface area is 215 Å². The van der Waals surface area contributed by atoms with Gasteiger partial charge in [0, 0.05) is 24.2 Å². The summed E-state index contributed by atoms with van der Waals surface area (Å²) in [6, 6.07) is 24.5. The van der Waals surface area contributed by atoms with Gasteiger partial charge in [-0.25, -0.2) is 8.42 Å². The van der Waals surface area contributed by atoms with Crippen molar-refractivity contribution in [1.29, 1.82) is 0 Å². The maximum absolute atomic E-state index is 13.5. The number of ketones is 1. The predicted molar refractivity (Wildman–Crippen MR) is 147 cm³/mol. The molecule has 0 spiro atoms. The van der Waals surface area contributed by atoms with Crippen molar-refractivity contribution in [3.63, 3.8) is 0 Å². The molecule has 0 saturated carbocycles. The van der Waals surface area contributed by atoms with Crippen molar-refractivity contribution in [2.45, 2.75) is 44.4 Å². The summed E-state index contributed by atoms with van der Waals surface area (Å²) >= 11 is 0. The predicted octanol–water partition coefficient (Wildman–Crippen LogP) is 6.67. The first-order chi connectivity index (χ1) is 17.1. The Balaban J connectivity index is 1.74. The fourth-order valence-electron chi connectivity index (χ4n) is 4.28. The number of piperidine rings is 1. The van der Waals surface area contributed by atoms with E-state index in [9.17, 15) is 13.2 Å². The van der Waals surface area contributed by atoms with Crippen LogP contribution in [0.1, 0.15) is 61.8 Å². The Kier molecular flexibility index (Phi) is 7.72. The minimum atomic E-state index is -3.77. The first-order valence-electron chi connectivity index (χ1n) is 12.4. The van der Waals surface area contributed by atoms with Crippen molar-refractivity contribution < 1.29 is 13.2 Å². The van der Waals surface area contributed by atoms with E-state index in [-0.39, 0.29) is 23.8 Å². The molecule has 0 unspecified atom stereocenters. The van der Waals surface area contributed by atoms with Crippen LogP contribution >= 0.6 is 0 Å². The molecule has 0 radical (unpaired) electrons. The summed E-state index contributed by atoms with van der Waals surface area (Å²) in [5.74, 6) is 0.702. The van der Waals surface area contributed by atoms with Crippen molar-refractivity contribution in [2.75, 3.05) is 13.1 Å². The number of hydrogen-bond acceptors (Lipinski definition) is 3. The van der Waals surface area contributed by atoms with Gasteiger partial charge in [0.2, 0.25) is 10.0 Å². The maximum atomic E-state index is 13.5. The number of nitrogens with zero attached hydrogens (tertiary/aromatic N) is 1. The van der Waals surface area contributed by atoms with Crippen LogP contribution in [-0.2, 0) is 14.8 Å². The molecule has 3 aromatic rings. The summed E-state index contributed by atoms with van der Waals surface area (Å²) in [5, 5.41) is 0. The number of sulfonamides is 1. The summed E-state index contributed by atoms with van der Waals surface area (Å²) in [6.07, 6.45) is 3.63. The molecule has 0 aromatic heterocycles. The van der Waals surface area contributed by atoms with E-state index in [1.54, 1.807) is 30.3 Å².